The number of rotatable bonds is 8. The summed E-state index contributed by atoms with van der Waals surface area (Å²) in [6.45, 7) is 12.8. The quantitative estimate of drug-likeness (QED) is 0.768. The number of hydrogen-bond donors (Lipinski definition) is 1. The topological polar surface area (TPSA) is 28.2 Å². The molecule has 1 heterocycles. The number of hydrogen-bond acceptors (Lipinski definition) is 3. The fourth-order valence-corrected chi connectivity index (χ4v) is 1.97. The Kier molecular flexibility index (Phi) is 6.91. The first kappa shape index (κ1) is 15.1. The number of nitrogens with zero attached hydrogens (tertiary/aromatic N) is 2. The zero-order chi connectivity index (χ0) is 13.4. The van der Waals surface area contributed by atoms with Gasteiger partial charge in [0.05, 0.1) is 5.69 Å². The van der Waals surface area contributed by atoms with E-state index < -0.39 is 0 Å². The summed E-state index contributed by atoms with van der Waals surface area (Å²) in [7, 11) is 0. The van der Waals surface area contributed by atoms with Crippen LogP contribution in [0.3, 0.4) is 0 Å². The Morgan fingerprint density at radius 2 is 2.06 bits per heavy atom. The van der Waals surface area contributed by atoms with Crippen LogP contribution in [0.15, 0.2) is 18.3 Å². The van der Waals surface area contributed by atoms with Gasteiger partial charge < -0.3 is 5.32 Å². The Hall–Kier alpha value is -0.930. The Balaban J connectivity index is 2.56. The van der Waals surface area contributed by atoms with Gasteiger partial charge in [0.2, 0.25) is 0 Å². The maximum absolute atomic E-state index is 4.55. The van der Waals surface area contributed by atoms with Gasteiger partial charge in [0.25, 0.3) is 0 Å². The monoisotopic (exact) mass is 249 g/mol. The highest BCUT2D eigenvalue weighted by Gasteiger charge is 2.10. The van der Waals surface area contributed by atoms with Crippen LogP contribution in [0.25, 0.3) is 0 Å². The molecule has 0 saturated carbocycles. The largest absolute Gasteiger partial charge is 0.313 e. The zero-order valence-corrected chi connectivity index (χ0v) is 12.2. The summed E-state index contributed by atoms with van der Waals surface area (Å²) in [6, 6.07) is 4.95. The van der Waals surface area contributed by atoms with Crippen molar-refractivity contribution in [3.8, 4) is 0 Å². The minimum absolute atomic E-state index is 0.623. The van der Waals surface area contributed by atoms with Crippen LogP contribution in [-0.4, -0.2) is 29.0 Å². The second-order valence-electron chi connectivity index (χ2n) is 4.76. The van der Waals surface area contributed by atoms with E-state index in [-0.39, 0.29) is 0 Å². The van der Waals surface area contributed by atoms with E-state index in [0.29, 0.717) is 6.04 Å². The second-order valence-corrected chi connectivity index (χ2v) is 4.76. The van der Waals surface area contributed by atoms with Crippen molar-refractivity contribution >= 4 is 0 Å². The highest BCUT2D eigenvalue weighted by Crippen LogP contribution is 2.09. The van der Waals surface area contributed by atoms with Crippen molar-refractivity contribution in [1.29, 1.82) is 0 Å². The van der Waals surface area contributed by atoms with Crippen LogP contribution in [0.2, 0.25) is 0 Å². The Morgan fingerprint density at radius 1 is 1.28 bits per heavy atom. The minimum Gasteiger partial charge on any atom is -0.313 e. The molecular formula is C15H27N3. The smallest absolute Gasteiger partial charge is 0.0544 e. The normalized spacial score (nSPS) is 12.9. The van der Waals surface area contributed by atoms with E-state index in [1.54, 1.807) is 0 Å². The molecule has 1 aromatic heterocycles. The number of aromatic nitrogens is 1. The summed E-state index contributed by atoms with van der Waals surface area (Å²) in [5.74, 6) is 0. The van der Waals surface area contributed by atoms with Gasteiger partial charge in [-0.15, -0.1) is 0 Å². The van der Waals surface area contributed by atoms with Crippen LogP contribution in [-0.2, 0) is 13.1 Å². The molecule has 3 nitrogen and oxygen atoms in total. The van der Waals surface area contributed by atoms with Gasteiger partial charge >= 0.3 is 0 Å². The van der Waals surface area contributed by atoms with Gasteiger partial charge in [-0.1, -0.05) is 26.8 Å². The SMILES string of the molecule is CCNCc1ccc(CN(CC)C(C)CC)nc1. The Morgan fingerprint density at radius 3 is 2.56 bits per heavy atom. The van der Waals surface area contributed by atoms with Crippen LogP contribution in [0, 0.1) is 0 Å². The van der Waals surface area contributed by atoms with E-state index in [1.165, 1.54) is 12.0 Å². The predicted octanol–water partition coefficient (Wildman–Crippen LogP) is 2.81. The lowest BCUT2D eigenvalue weighted by Gasteiger charge is -2.26. The zero-order valence-electron chi connectivity index (χ0n) is 12.2. The van der Waals surface area contributed by atoms with Crippen molar-refractivity contribution in [2.24, 2.45) is 0 Å². The van der Waals surface area contributed by atoms with Gasteiger partial charge in [0.15, 0.2) is 0 Å². The molecule has 0 radical (unpaired) electrons. The lowest BCUT2D eigenvalue weighted by atomic mass is 10.2. The van der Waals surface area contributed by atoms with Crippen LogP contribution < -0.4 is 5.32 Å². The molecule has 0 aromatic carbocycles. The molecule has 0 aliphatic heterocycles. The lowest BCUT2D eigenvalue weighted by molar-refractivity contribution is 0.203. The first-order valence-electron chi connectivity index (χ1n) is 7.09. The molecule has 102 valence electrons. The molecule has 1 N–H and O–H groups in total. The molecule has 1 atom stereocenters. The van der Waals surface area contributed by atoms with Crippen LogP contribution >= 0.6 is 0 Å². The summed E-state index contributed by atoms with van der Waals surface area (Å²) in [5, 5.41) is 3.31. The second kappa shape index (κ2) is 8.22. The average molecular weight is 249 g/mol. The van der Waals surface area contributed by atoms with Gasteiger partial charge in [-0.3, -0.25) is 9.88 Å². The molecule has 0 aliphatic rings. The molecular weight excluding hydrogens is 222 g/mol. The summed E-state index contributed by atoms with van der Waals surface area (Å²) in [4.78, 5) is 7.02. The Bertz CT molecular complexity index is 321. The molecule has 1 rings (SSSR count). The summed E-state index contributed by atoms with van der Waals surface area (Å²) < 4.78 is 0. The molecule has 1 aromatic rings. The first-order valence-corrected chi connectivity index (χ1v) is 7.09. The molecule has 0 bridgehead atoms. The van der Waals surface area contributed by atoms with Crippen molar-refractivity contribution in [2.45, 2.75) is 53.2 Å². The van der Waals surface area contributed by atoms with Crippen molar-refractivity contribution in [1.82, 2.24) is 15.2 Å². The first-order chi connectivity index (χ1) is 8.71. The third kappa shape index (κ3) is 4.75. The molecule has 1 unspecified atom stereocenters. The van der Waals surface area contributed by atoms with Crippen LogP contribution in [0.4, 0.5) is 0 Å². The van der Waals surface area contributed by atoms with E-state index in [2.05, 4.69) is 55.0 Å². The van der Waals surface area contributed by atoms with Crippen molar-refractivity contribution in [3.05, 3.63) is 29.6 Å². The minimum atomic E-state index is 0.623. The molecule has 0 fully saturated rings. The fourth-order valence-electron chi connectivity index (χ4n) is 1.97. The summed E-state index contributed by atoms with van der Waals surface area (Å²) in [5.41, 5.74) is 2.42. The predicted molar refractivity (Wildman–Crippen MR) is 77.5 cm³/mol. The average Bonchev–Trinajstić information content (AvgIpc) is 2.43. The number of pyridine rings is 1. The number of nitrogens with one attached hydrogen (secondary N) is 1. The molecule has 0 aliphatic carbocycles. The highest BCUT2D eigenvalue weighted by molar-refractivity contribution is 5.14. The van der Waals surface area contributed by atoms with Crippen molar-refractivity contribution in [3.63, 3.8) is 0 Å². The molecule has 0 saturated heterocycles. The molecule has 0 spiro atoms. The highest BCUT2D eigenvalue weighted by atomic mass is 15.1. The third-order valence-electron chi connectivity index (χ3n) is 3.45. The van der Waals surface area contributed by atoms with Crippen LogP contribution in [0.1, 0.15) is 45.4 Å². The third-order valence-corrected chi connectivity index (χ3v) is 3.45. The molecule has 0 amide bonds. The summed E-state index contributed by atoms with van der Waals surface area (Å²) >= 11 is 0. The van der Waals surface area contributed by atoms with E-state index >= 15 is 0 Å². The van der Waals surface area contributed by atoms with E-state index in [1.807, 2.05) is 6.20 Å². The fraction of sp³-hybridized carbons (Fsp3) is 0.667. The standard InChI is InChI=1S/C15H27N3/c1-5-13(4)18(7-3)12-15-9-8-14(11-17-15)10-16-6-2/h8-9,11,13,16H,5-7,10,12H2,1-4H3. The van der Waals surface area contributed by atoms with Crippen LogP contribution in [0.5, 0.6) is 0 Å². The van der Waals surface area contributed by atoms with Gasteiger partial charge in [-0.05, 0) is 38.1 Å². The van der Waals surface area contributed by atoms with Gasteiger partial charge in [0.1, 0.15) is 0 Å². The van der Waals surface area contributed by atoms with Crippen molar-refractivity contribution in [2.75, 3.05) is 13.1 Å². The van der Waals surface area contributed by atoms with E-state index in [4.69, 9.17) is 0 Å². The van der Waals surface area contributed by atoms with Gasteiger partial charge in [0, 0.05) is 25.3 Å². The van der Waals surface area contributed by atoms with Crippen molar-refractivity contribution < 1.29 is 0 Å². The van der Waals surface area contributed by atoms with E-state index in [0.717, 1.165) is 31.9 Å². The Labute approximate surface area is 112 Å². The maximum atomic E-state index is 4.55. The summed E-state index contributed by atoms with van der Waals surface area (Å²) in [6.07, 6.45) is 3.18. The molecule has 3 heteroatoms. The lowest BCUT2D eigenvalue weighted by Crippen LogP contribution is -2.32. The maximum Gasteiger partial charge on any atom is 0.0544 e. The van der Waals surface area contributed by atoms with E-state index in [9.17, 15) is 0 Å². The van der Waals surface area contributed by atoms with Gasteiger partial charge in [-0.25, -0.2) is 0 Å². The molecule has 18 heavy (non-hydrogen) atoms. The van der Waals surface area contributed by atoms with Gasteiger partial charge in [-0.2, -0.15) is 0 Å².